The molecule has 0 aromatic carbocycles. The molecule has 0 spiro atoms. The highest BCUT2D eigenvalue weighted by atomic mass is 32.1. The Labute approximate surface area is 106 Å². The van der Waals surface area contributed by atoms with Gasteiger partial charge in [0.25, 0.3) is 0 Å². The predicted octanol–water partition coefficient (Wildman–Crippen LogP) is 1.81. The van der Waals surface area contributed by atoms with Crippen molar-refractivity contribution < 1.29 is 9.84 Å². The molecule has 17 heavy (non-hydrogen) atoms. The van der Waals surface area contributed by atoms with Gasteiger partial charge < -0.3 is 9.84 Å². The molecule has 2 heterocycles. The van der Waals surface area contributed by atoms with Crippen LogP contribution in [0.4, 0.5) is 0 Å². The lowest BCUT2D eigenvalue weighted by Crippen LogP contribution is -2.21. The molecule has 1 unspecified atom stereocenters. The maximum Gasteiger partial charge on any atom is 0.122 e. The van der Waals surface area contributed by atoms with Gasteiger partial charge in [-0.25, -0.2) is 4.98 Å². The lowest BCUT2D eigenvalue weighted by Gasteiger charge is -2.12. The molecule has 96 valence electrons. The molecule has 0 bridgehead atoms. The van der Waals surface area contributed by atoms with Gasteiger partial charge in [0.2, 0.25) is 0 Å². The van der Waals surface area contributed by atoms with Crippen molar-refractivity contribution >= 4 is 11.3 Å². The van der Waals surface area contributed by atoms with Crippen LogP contribution in [0.25, 0.3) is 0 Å². The van der Waals surface area contributed by atoms with Crippen LogP contribution in [0.1, 0.15) is 37.1 Å². The Morgan fingerprint density at radius 2 is 2.53 bits per heavy atom. The first-order valence-electron chi connectivity index (χ1n) is 6.15. The third-order valence-electron chi connectivity index (χ3n) is 2.97. The summed E-state index contributed by atoms with van der Waals surface area (Å²) in [5, 5.41) is 12.6. The van der Waals surface area contributed by atoms with E-state index in [1.165, 1.54) is 0 Å². The second-order valence-electron chi connectivity index (χ2n) is 4.45. The molecule has 1 fully saturated rings. The number of nitrogens with zero attached hydrogens (tertiary/aromatic N) is 2. The van der Waals surface area contributed by atoms with Gasteiger partial charge >= 0.3 is 0 Å². The molecule has 5 heteroatoms. The van der Waals surface area contributed by atoms with Crippen LogP contribution in [-0.4, -0.2) is 40.8 Å². The van der Waals surface area contributed by atoms with Crippen molar-refractivity contribution in [3.05, 3.63) is 16.1 Å². The van der Waals surface area contributed by atoms with E-state index in [4.69, 9.17) is 4.74 Å². The molecular formula is C12H20N2O2S. The Morgan fingerprint density at radius 3 is 3.18 bits per heavy atom. The molecule has 1 saturated heterocycles. The van der Waals surface area contributed by atoms with Crippen molar-refractivity contribution in [2.75, 3.05) is 19.7 Å². The summed E-state index contributed by atoms with van der Waals surface area (Å²) in [6, 6.07) is 0. The molecule has 1 aromatic rings. The minimum Gasteiger partial charge on any atom is -0.392 e. The van der Waals surface area contributed by atoms with Crippen LogP contribution >= 0.6 is 11.3 Å². The van der Waals surface area contributed by atoms with E-state index in [2.05, 4.69) is 15.3 Å². The molecular weight excluding hydrogens is 236 g/mol. The molecule has 0 amide bonds. The number of ether oxygens (including phenoxy) is 1. The summed E-state index contributed by atoms with van der Waals surface area (Å²) >= 11 is 1.66. The van der Waals surface area contributed by atoms with E-state index in [1.54, 1.807) is 11.3 Å². The zero-order valence-corrected chi connectivity index (χ0v) is 11.2. The van der Waals surface area contributed by atoms with Gasteiger partial charge in [-0.3, -0.25) is 4.90 Å². The van der Waals surface area contributed by atoms with Crippen molar-refractivity contribution in [3.8, 4) is 0 Å². The van der Waals surface area contributed by atoms with Crippen molar-refractivity contribution in [2.45, 2.75) is 39.0 Å². The van der Waals surface area contributed by atoms with Crippen LogP contribution in [0.2, 0.25) is 0 Å². The standard InChI is InChI=1S/C12H20N2O2S/c1-3-16-9(2)12-13-10(8-17-12)6-14-5-4-11(15)7-14/h8-9,11,15H,3-7H2,1-2H3/t9?,11-/m0/s1. The molecule has 2 rings (SSSR count). The zero-order valence-electron chi connectivity index (χ0n) is 10.4. The number of rotatable bonds is 5. The van der Waals surface area contributed by atoms with E-state index in [0.717, 1.165) is 36.8 Å². The molecule has 4 nitrogen and oxygen atoms in total. The van der Waals surface area contributed by atoms with Crippen LogP contribution in [-0.2, 0) is 11.3 Å². The van der Waals surface area contributed by atoms with E-state index in [0.29, 0.717) is 6.61 Å². The first kappa shape index (κ1) is 13.0. The fourth-order valence-corrected chi connectivity index (χ4v) is 2.90. The van der Waals surface area contributed by atoms with Crippen LogP contribution in [0, 0.1) is 0 Å². The van der Waals surface area contributed by atoms with Gasteiger partial charge in [-0.05, 0) is 20.3 Å². The summed E-state index contributed by atoms with van der Waals surface area (Å²) in [5.41, 5.74) is 1.09. The number of aliphatic hydroxyl groups is 1. The van der Waals surface area contributed by atoms with Crippen LogP contribution in [0.15, 0.2) is 5.38 Å². The van der Waals surface area contributed by atoms with Gasteiger partial charge in [0.15, 0.2) is 0 Å². The van der Waals surface area contributed by atoms with Gasteiger partial charge in [-0.15, -0.1) is 11.3 Å². The third kappa shape index (κ3) is 3.48. The molecule has 1 aliphatic heterocycles. The van der Waals surface area contributed by atoms with E-state index in [-0.39, 0.29) is 12.2 Å². The van der Waals surface area contributed by atoms with Crippen molar-refractivity contribution in [1.82, 2.24) is 9.88 Å². The summed E-state index contributed by atoms with van der Waals surface area (Å²) in [5.74, 6) is 0. The average molecular weight is 256 g/mol. The van der Waals surface area contributed by atoms with Crippen LogP contribution in [0.3, 0.4) is 0 Å². The topological polar surface area (TPSA) is 45.6 Å². The quantitative estimate of drug-likeness (QED) is 0.872. The minimum atomic E-state index is -0.157. The third-order valence-corrected chi connectivity index (χ3v) is 4.02. The second-order valence-corrected chi connectivity index (χ2v) is 5.34. The van der Waals surface area contributed by atoms with E-state index in [9.17, 15) is 5.11 Å². The number of β-amino-alcohol motifs (C(OH)–C–C–N with tert-alkyl or cyclic N) is 1. The first-order valence-corrected chi connectivity index (χ1v) is 7.03. The number of likely N-dealkylation sites (tertiary alicyclic amines) is 1. The minimum absolute atomic E-state index is 0.0860. The number of aliphatic hydroxyl groups excluding tert-OH is 1. The Hall–Kier alpha value is -0.490. The van der Waals surface area contributed by atoms with Crippen LogP contribution < -0.4 is 0 Å². The lowest BCUT2D eigenvalue weighted by molar-refractivity contribution is 0.0760. The van der Waals surface area contributed by atoms with Crippen molar-refractivity contribution in [3.63, 3.8) is 0 Å². The van der Waals surface area contributed by atoms with Crippen molar-refractivity contribution in [2.24, 2.45) is 0 Å². The van der Waals surface area contributed by atoms with Gasteiger partial charge in [-0.2, -0.15) is 0 Å². The highest BCUT2D eigenvalue weighted by Gasteiger charge is 2.21. The summed E-state index contributed by atoms with van der Waals surface area (Å²) < 4.78 is 5.52. The van der Waals surface area contributed by atoms with Gasteiger partial charge in [0, 0.05) is 31.6 Å². The number of hydrogen-bond acceptors (Lipinski definition) is 5. The zero-order chi connectivity index (χ0) is 12.3. The molecule has 1 aromatic heterocycles. The second kappa shape index (κ2) is 5.91. The van der Waals surface area contributed by atoms with Gasteiger partial charge in [0.05, 0.1) is 11.8 Å². The summed E-state index contributed by atoms with van der Waals surface area (Å²) in [4.78, 5) is 6.83. The SMILES string of the molecule is CCOC(C)c1nc(CN2CC[C@H](O)C2)cs1. The number of thiazole rings is 1. The molecule has 0 radical (unpaired) electrons. The number of hydrogen-bond donors (Lipinski definition) is 1. The van der Waals surface area contributed by atoms with Gasteiger partial charge in [0.1, 0.15) is 11.1 Å². The Balaban J connectivity index is 1.89. The normalized spacial score (nSPS) is 23.1. The lowest BCUT2D eigenvalue weighted by atomic mass is 10.3. The molecule has 1 aliphatic rings. The number of aromatic nitrogens is 1. The summed E-state index contributed by atoms with van der Waals surface area (Å²) in [6.45, 7) is 7.33. The predicted molar refractivity (Wildman–Crippen MR) is 68.1 cm³/mol. The Morgan fingerprint density at radius 1 is 1.71 bits per heavy atom. The summed E-state index contributed by atoms with van der Waals surface area (Å²) in [6.07, 6.45) is 0.810. The smallest absolute Gasteiger partial charge is 0.122 e. The molecule has 0 aliphatic carbocycles. The van der Waals surface area contributed by atoms with E-state index < -0.39 is 0 Å². The first-order chi connectivity index (χ1) is 8.19. The van der Waals surface area contributed by atoms with Crippen LogP contribution in [0.5, 0.6) is 0 Å². The van der Waals surface area contributed by atoms with E-state index in [1.807, 2.05) is 13.8 Å². The van der Waals surface area contributed by atoms with Gasteiger partial charge in [-0.1, -0.05) is 0 Å². The molecule has 2 atom stereocenters. The highest BCUT2D eigenvalue weighted by molar-refractivity contribution is 7.09. The average Bonchev–Trinajstić information content (AvgIpc) is 2.89. The maximum atomic E-state index is 9.46. The maximum absolute atomic E-state index is 9.46. The molecule has 1 N–H and O–H groups in total. The van der Waals surface area contributed by atoms with E-state index >= 15 is 0 Å². The largest absolute Gasteiger partial charge is 0.392 e. The Bertz CT molecular complexity index is 356. The fourth-order valence-electron chi connectivity index (χ4n) is 2.09. The fraction of sp³-hybridized carbons (Fsp3) is 0.750. The highest BCUT2D eigenvalue weighted by Crippen LogP contribution is 2.22. The summed E-state index contributed by atoms with van der Waals surface area (Å²) in [7, 11) is 0. The monoisotopic (exact) mass is 256 g/mol. The van der Waals surface area contributed by atoms with Crippen molar-refractivity contribution in [1.29, 1.82) is 0 Å². The Kier molecular flexibility index (Phi) is 4.50. The molecule has 0 saturated carbocycles.